The molecular weight excluding hydrogens is 488 g/mol. The normalized spacial score (nSPS) is 26.7. The number of carboxylic acid groups (broad SMARTS) is 1. The zero-order valence-electron chi connectivity index (χ0n) is 23.5. The van der Waals surface area contributed by atoms with Crippen LogP contribution in [-0.4, -0.2) is 57.3 Å². The average molecular weight is 532 g/mol. The van der Waals surface area contributed by atoms with Crippen molar-refractivity contribution in [1.29, 1.82) is 0 Å². The highest BCUT2D eigenvalue weighted by Gasteiger charge is 2.54. The molecule has 1 aromatic rings. The Labute approximate surface area is 225 Å². The lowest BCUT2D eigenvalue weighted by Crippen LogP contribution is -2.52. The third kappa shape index (κ3) is 5.89. The first-order chi connectivity index (χ1) is 17.7. The number of likely N-dealkylation sites (tertiary alicyclic amines) is 1. The monoisotopic (exact) mass is 531 g/mol. The van der Waals surface area contributed by atoms with E-state index in [0.29, 0.717) is 17.7 Å². The highest BCUT2D eigenvalue weighted by molar-refractivity contribution is 6.39. The van der Waals surface area contributed by atoms with E-state index in [1.165, 1.54) is 0 Å². The molecule has 8 heteroatoms. The lowest BCUT2D eigenvalue weighted by Gasteiger charge is -2.47. The fourth-order valence-electron chi connectivity index (χ4n) is 6.36. The number of rotatable bonds is 6. The molecule has 2 heterocycles. The van der Waals surface area contributed by atoms with Gasteiger partial charge in [-0.1, -0.05) is 46.8 Å². The number of nitrogens with zero attached hydrogens (tertiary/aromatic N) is 3. The van der Waals surface area contributed by atoms with E-state index in [-0.39, 0.29) is 48.9 Å². The highest BCUT2D eigenvalue weighted by atomic mass is 19.3. The zero-order chi connectivity index (χ0) is 27.9. The van der Waals surface area contributed by atoms with Crippen molar-refractivity contribution < 1.29 is 23.5 Å². The quantitative estimate of drug-likeness (QED) is 0.440. The first-order valence-corrected chi connectivity index (χ1v) is 14.1. The average Bonchev–Trinajstić information content (AvgIpc) is 3.10. The van der Waals surface area contributed by atoms with Crippen molar-refractivity contribution in [2.24, 2.45) is 22.2 Å². The Morgan fingerprint density at radius 1 is 1.05 bits per heavy atom. The number of alkyl halides is 2. The Bertz CT molecular complexity index is 1040. The predicted molar refractivity (Wildman–Crippen MR) is 144 cm³/mol. The Kier molecular flexibility index (Phi) is 7.93. The van der Waals surface area contributed by atoms with E-state index >= 15 is 0 Å². The molecule has 0 aromatic heterocycles. The molecule has 1 aromatic carbocycles. The van der Waals surface area contributed by atoms with Crippen LogP contribution in [0.3, 0.4) is 0 Å². The van der Waals surface area contributed by atoms with Crippen LogP contribution >= 0.6 is 0 Å². The smallest absolute Gasteiger partial charge is 0.335 e. The van der Waals surface area contributed by atoms with Gasteiger partial charge < -0.3 is 14.9 Å². The molecule has 2 aliphatic heterocycles. The van der Waals surface area contributed by atoms with Crippen molar-refractivity contribution in [2.75, 3.05) is 13.1 Å². The fourth-order valence-corrected chi connectivity index (χ4v) is 6.36. The van der Waals surface area contributed by atoms with Gasteiger partial charge in [0.1, 0.15) is 5.66 Å². The lowest BCUT2D eigenvalue weighted by molar-refractivity contribution is -0.134. The van der Waals surface area contributed by atoms with Crippen LogP contribution in [0, 0.1) is 17.3 Å². The number of carboxylic acids is 1. The van der Waals surface area contributed by atoms with Crippen molar-refractivity contribution in [1.82, 2.24) is 9.80 Å². The van der Waals surface area contributed by atoms with Crippen molar-refractivity contribution >= 4 is 17.7 Å². The summed E-state index contributed by atoms with van der Waals surface area (Å²) in [5.74, 6) is -2.61. The van der Waals surface area contributed by atoms with E-state index in [1.807, 2.05) is 17.0 Å². The SMILES string of the molecule is CC(C)CC[C@H](c1ccc(C(=O)O)cc1)N1C(=O)C(N2CCC(F)(F)CC2)=NC12CCC(C(C)(C)C)CC2. The minimum atomic E-state index is -2.70. The van der Waals surface area contributed by atoms with E-state index in [9.17, 15) is 23.5 Å². The number of piperidine rings is 1. The van der Waals surface area contributed by atoms with Crippen LogP contribution < -0.4 is 0 Å². The maximum atomic E-state index is 14.2. The molecule has 1 atom stereocenters. The Balaban J connectivity index is 1.72. The molecule has 1 amide bonds. The predicted octanol–water partition coefficient (Wildman–Crippen LogP) is 6.77. The van der Waals surface area contributed by atoms with E-state index < -0.39 is 17.6 Å². The molecule has 4 rings (SSSR count). The van der Waals surface area contributed by atoms with E-state index in [1.54, 1.807) is 17.0 Å². The number of halogens is 2. The Morgan fingerprint density at radius 3 is 2.13 bits per heavy atom. The Hall–Kier alpha value is -2.51. The summed E-state index contributed by atoms with van der Waals surface area (Å²) in [4.78, 5) is 34.6. The molecule has 6 nitrogen and oxygen atoms in total. The molecule has 1 N–H and O–H groups in total. The first kappa shape index (κ1) is 28.5. The third-order valence-electron chi connectivity index (χ3n) is 8.85. The minimum absolute atomic E-state index is 0.121. The van der Waals surface area contributed by atoms with Gasteiger partial charge in [-0.2, -0.15) is 0 Å². The van der Waals surface area contributed by atoms with Crippen molar-refractivity contribution in [3.05, 3.63) is 35.4 Å². The molecule has 0 bridgehead atoms. The zero-order valence-corrected chi connectivity index (χ0v) is 23.5. The number of hydrogen-bond acceptors (Lipinski definition) is 4. The summed E-state index contributed by atoms with van der Waals surface area (Å²) in [6.07, 6.45) is 4.42. The number of benzene rings is 1. The van der Waals surface area contributed by atoms with Crippen molar-refractivity contribution in [3.8, 4) is 0 Å². The number of amides is 1. The molecule has 210 valence electrons. The van der Waals surface area contributed by atoms with Crippen LogP contribution in [0.25, 0.3) is 0 Å². The maximum Gasteiger partial charge on any atom is 0.335 e. The van der Waals surface area contributed by atoms with E-state index in [2.05, 4.69) is 34.6 Å². The molecule has 1 spiro atoms. The molecule has 1 aliphatic carbocycles. The topological polar surface area (TPSA) is 73.2 Å². The summed E-state index contributed by atoms with van der Waals surface area (Å²) in [5.41, 5.74) is 0.545. The molecule has 2 fully saturated rings. The number of aliphatic imine (C=N–C) groups is 1. The highest BCUT2D eigenvalue weighted by Crippen LogP contribution is 2.50. The van der Waals surface area contributed by atoms with Crippen LogP contribution in [0.2, 0.25) is 0 Å². The number of hydrogen-bond donors (Lipinski definition) is 1. The summed E-state index contributed by atoms with van der Waals surface area (Å²) < 4.78 is 27.9. The molecule has 1 saturated carbocycles. The van der Waals surface area contributed by atoms with Gasteiger partial charge in [0.2, 0.25) is 0 Å². The van der Waals surface area contributed by atoms with Gasteiger partial charge in [-0.3, -0.25) is 4.79 Å². The lowest BCUT2D eigenvalue weighted by atomic mass is 9.69. The number of carbonyl (C=O) groups excluding carboxylic acids is 1. The molecule has 38 heavy (non-hydrogen) atoms. The van der Waals surface area contributed by atoms with Crippen LogP contribution in [0.1, 0.15) is 108 Å². The minimum Gasteiger partial charge on any atom is -0.478 e. The number of amidine groups is 1. The van der Waals surface area contributed by atoms with Gasteiger partial charge in [0.25, 0.3) is 11.8 Å². The molecular formula is C30H43F2N3O3. The second-order valence-corrected chi connectivity index (χ2v) is 13.0. The summed E-state index contributed by atoms with van der Waals surface area (Å²) in [7, 11) is 0. The Morgan fingerprint density at radius 2 is 1.63 bits per heavy atom. The van der Waals surface area contributed by atoms with Gasteiger partial charge in [-0.15, -0.1) is 0 Å². The molecule has 3 aliphatic rings. The second kappa shape index (κ2) is 10.6. The summed E-state index contributed by atoms with van der Waals surface area (Å²) in [6, 6.07) is 6.55. The van der Waals surface area contributed by atoms with Gasteiger partial charge in [-0.05, 0) is 73.5 Å². The van der Waals surface area contributed by atoms with Gasteiger partial charge in [0.15, 0.2) is 5.84 Å². The number of aromatic carboxylic acids is 1. The fraction of sp³-hybridized carbons (Fsp3) is 0.700. The first-order valence-electron chi connectivity index (χ1n) is 14.1. The summed E-state index contributed by atoms with van der Waals surface area (Å²) in [6.45, 7) is 11.3. The maximum absolute atomic E-state index is 14.2. The van der Waals surface area contributed by atoms with Crippen LogP contribution in [-0.2, 0) is 4.79 Å². The van der Waals surface area contributed by atoms with Gasteiger partial charge in [0, 0.05) is 25.9 Å². The van der Waals surface area contributed by atoms with Crippen LogP contribution in [0.4, 0.5) is 8.78 Å². The van der Waals surface area contributed by atoms with Crippen LogP contribution in [0.5, 0.6) is 0 Å². The van der Waals surface area contributed by atoms with E-state index in [0.717, 1.165) is 44.1 Å². The van der Waals surface area contributed by atoms with Crippen molar-refractivity contribution in [3.63, 3.8) is 0 Å². The van der Waals surface area contributed by atoms with Crippen LogP contribution in [0.15, 0.2) is 29.3 Å². The molecule has 0 radical (unpaired) electrons. The van der Waals surface area contributed by atoms with E-state index in [4.69, 9.17) is 4.99 Å². The number of carbonyl (C=O) groups is 2. The van der Waals surface area contributed by atoms with Gasteiger partial charge in [-0.25, -0.2) is 18.6 Å². The van der Waals surface area contributed by atoms with Gasteiger partial charge in [0.05, 0.1) is 11.6 Å². The molecule has 0 unspecified atom stereocenters. The molecule has 1 saturated heterocycles. The van der Waals surface area contributed by atoms with Crippen molar-refractivity contribution in [2.45, 2.75) is 104 Å². The summed E-state index contributed by atoms with van der Waals surface area (Å²) in [5, 5.41) is 9.41. The second-order valence-electron chi connectivity index (χ2n) is 13.0. The van der Waals surface area contributed by atoms with Gasteiger partial charge >= 0.3 is 5.97 Å². The summed E-state index contributed by atoms with van der Waals surface area (Å²) >= 11 is 0. The third-order valence-corrected chi connectivity index (χ3v) is 8.85. The standard InChI is InChI=1S/C30H43F2N3O3/c1-20(2)6-11-24(21-7-9-22(10-8-21)27(37)38)35-26(36)25(34-18-16-29(31,32)17-19-34)33-30(35)14-12-23(13-15-30)28(3,4)5/h7-10,20,23-24H,6,11-19H2,1-5H3,(H,37,38)/t23?,24-,30?/m1/s1. The largest absolute Gasteiger partial charge is 0.478 e.